The zero-order valence-corrected chi connectivity index (χ0v) is 18.6. The molecule has 0 amide bonds. The first-order valence-corrected chi connectivity index (χ1v) is 10.5. The van der Waals surface area contributed by atoms with E-state index in [1.165, 1.54) is 12.1 Å². The molecule has 3 aromatic carbocycles. The first-order valence-electron chi connectivity index (χ1n) is 10.1. The van der Waals surface area contributed by atoms with Crippen LogP contribution in [0.15, 0.2) is 60.7 Å². The predicted octanol–water partition coefficient (Wildman–Crippen LogP) is 7.86. The molecule has 2 N–H and O–H groups in total. The topological polar surface area (TPSA) is 58.1 Å². The molecule has 0 radical (unpaired) electrons. The van der Waals surface area contributed by atoms with E-state index in [0.717, 1.165) is 6.07 Å². The fraction of sp³-hybridized carbons (Fsp3) is 0.125. The number of phenolic OH excluding ortho intramolecular Hbond substituents is 1. The number of halogens is 8. The van der Waals surface area contributed by atoms with Gasteiger partial charge in [-0.1, -0.05) is 29.8 Å². The number of nitrogens with one attached hydrogen (secondary N) is 1. The van der Waals surface area contributed by atoms with E-state index in [4.69, 9.17) is 16.3 Å². The molecular formula is C24H14ClF7N2O2. The summed E-state index contributed by atoms with van der Waals surface area (Å²) in [5, 5.41) is 16.8. The van der Waals surface area contributed by atoms with Gasteiger partial charge < -0.3 is 9.84 Å². The van der Waals surface area contributed by atoms with E-state index in [0.29, 0.717) is 28.8 Å². The Bertz CT molecular complexity index is 1400. The van der Waals surface area contributed by atoms with Crippen molar-refractivity contribution in [3.05, 3.63) is 88.3 Å². The third-order valence-electron chi connectivity index (χ3n) is 5.17. The number of phenols is 1. The minimum Gasteiger partial charge on any atom is -0.506 e. The van der Waals surface area contributed by atoms with Gasteiger partial charge in [-0.15, -0.1) is 0 Å². The van der Waals surface area contributed by atoms with E-state index in [-0.39, 0.29) is 34.7 Å². The Hall–Kier alpha value is -3.73. The number of H-pyrrole nitrogens is 1. The third kappa shape index (κ3) is 5.25. The van der Waals surface area contributed by atoms with Gasteiger partial charge in [-0.3, -0.25) is 5.10 Å². The van der Waals surface area contributed by atoms with Crippen molar-refractivity contribution in [3.63, 3.8) is 0 Å². The van der Waals surface area contributed by atoms with Crippen molar-refractivity contribution in [2.45, 2.75) is 19.0 Å². The Labute approximate surface area is 203 Å². The number of nitrogens with zero attached hydrogens (tertiary/aromatic N) is 1. The van der Waals surface area contributed by atoms with Crippen LogP contribution < -0.4 is 4.74 Å². The van der Waals surface area contributed by atoms with E-state index < -0.39 is 35.2 Å². The second-order valence-corrected chi connectivity index (χ2v) is 8.04. The molecule has 0 saturated heterocycles. The Morgan fingerprint density at radius 1 is 0.889 bits per heavy atom. The fourth-order valence-corrected chi connectivity index (χ4v) is 3.55. The molecule has 0 atom stereocenters. The number of benzene rings is 3. The van der Waals surface area contributed by atoms with Crippen molar-refractivity contribution in [2.75, 3.05) is 0 Å². The van der Waals surface area contributed by atoms with Crippen molar-refractivity contribution >= 4 is 11.6 Å². The largest absolute Gasteiger partial charge is 0.506 e. The first kappa shape index (κ1) is 25.4. The molecule has 0 saturated carbocycles. The van der Waals surface area contributed by atoms with Gasteiger partial charge in [0, 0.05) is 10.6 Å². The molecule has 1 heterocycles. The monoisotopic (exact) mass is 530 g/mol. The van der Waals surface area contributed by atoms with Crippen LogP contribution >= 0.6 is 11.6 Å². The van der Waals surface area contributed by atoms with Crippen LogP contribution in [0.2, 0.25) is 5.02 Å². The van der Waals surface area contributed by atoms with Crippen LogP contribution in [0.4, 0.5) is 30.7 Å². The summed E-state index contributed by atoms with van der Waals surface area (Å²) in [6.07, 6.45) is -9.79. The number of hydrogen-bond donors (Lipinski definition) is 2. The Morgan fingerprint density at radius 2 is 1.58 bits per heavy atom. The molecule has 12 heteroatoms. The standard InChI is InChI=1S/C24H14ClF7N2O2/c25-14-4-1-12(2-5-14)11-36-19-8-6-15(18-10-20(34-33-18)24(30,31)32)22(35)21(19)13-3-7-17(26)16(9-13)23(27,28)29/h1-10,35H,11H2,(H,33,34). The number of alkyl halides is 6. The van der Waals surface area contributed by atoms with Crippen LogP contribution in [0.25, 0.3) is 22.4 Å². The summed E-state index contributed by atoms with van der Waals surface area (Å²) < 4.78 is 98.6. The highest BCUT2D eigenvalue weighted by Gasteiger charge is 2.35. The molecule has 0 bridgehead atoms. The maximum atomic E-state index is 13.9. The molecule has 0 fully saturated rings. The van der Waals surface area contributed by atoms with E-state index in [1.807, 2.05) is 0 Å². The maximum Gasteiger partial charge on any atom is 0.432 e. The van der Waals surface area contributed by atoms with Gasteiger partial charge in [0.2, 0.25) is 0 Å². The first-order chi connectivity index (χ1) is 16.8. The highest BCUT2D eigenvalue weighted by Crippen LogP contribution is 2.46. The van der Waals surface area contributed by atoms with Crippen LogP contribution in [0, 0.1) is 5.82 Å². The summed E-state index contributed by atoms with van der Waals surface area (Å²) in [7, 11) is 0. The van der Waals surface area contributed by atoms with Gasteiger partial charge in [0.05, 0.1) is 16.8 Å². The molecule has 0 spiro atoms. The highest BCUT2D eigenvalue weighted by molar-refractivity contribution is 6.30. The van der Waals surface area contributed by atoms with E-state index in [9.17, 15) is 35.8 Å². The van der Waals surface area contributed by atoms with Gasteiger partial charge in [-0.2, -0.15) is 31.4 Å². The van der Waals surface area contributed by atoms with Crippen LogP contribution in [-0.4, -0.2) is 15.3 Å². The zero-order valence-electron chi connectivity index (χ0n) is 17.8. The molecule has 0 unspecified atom stereocenters. The minimum absolute atomic E-state index is 0.0864. The van der Waals surface area contributed by atoms with E-state index in [1.54, 1.807) is 29.4 Å². The molecule has 4 nitrogen and oxygen atoms in total. The number of rotatable bonds is 5. The molecule has 4 rings (SSSR count). The lowest BCUT2D eigenvalue weighted by Crippen LogP contribution is -2.08. The summed E-state index contributed by atoms with van der Waals surface area (Å²) in [4.78, 5) is 0. The number of aromatic amines is 1. The van der Waals surface area contributed by atoms with Crippen molar-refractivity contribution in [2.24, 2.45) is 0 Å². The molecule has 36 heavy (non-hydrogen) atoms. The second-order valence-electron chi connectivity index (χ2n) is 7.61. The molecule has 0 aliphatic rings. The molecule has 4 aromatic rings. The number of ether oxygens (including phenoxy) is 1. The summed E-state index contributed by atoms with van der Waals surface area (Å²) in [6.45, 7) is -0.0864. The Kier molecular flexibility index (Phi) is 6.61. The lowest BCUT2D eigenvalue weighted by molar-refractivity contribution is -0.141. The van der Waals surface area contributed by atoms with Gasteiger partial charge in [0.1, 0.15) is 29.6 Å². The fourth-order valence-electron chi connectivity index (χ4n) is 3.42. The maximum absolute atomic E-state index is 13.9. The second kappa shape index (κ2) is 9.38. The molecule has 0 aliphatic heterocycles. The third-order valence-corrected chi connectivity index (χ3v) is 5.42. The Morgan fingerprint density at radius 3 is 2.19 bits per heavy atom. The van der Waals surface area contributed by atoms with Crippen LogP contribution in [0.1, 0.15) is 16.8 Å². The predicted molar refractivity (Wildman–Crippen MR) is 117 cm³/mol. The van der Waals surface area contributed by atoms with Gasteiger partial charge in [-0.05, 0) is 53.6 Å². The van der Waals surface area contributed by atoms with Crippen LogP contribution in [-0.2, 0) is 19.0 Å². The quantitative estimate of drug-likeness (QED) is 0.258. The number of hydrogen-bond acceptors (Lipinski definition) is 3. The zero-order chi connectivity index (χ0) is 26.3. The van der Waals surface area contributed by atoms with Gasteiger partial charge >= 0.3 is 12.4 Å². The molecule has 0 aliphatic carbocycles. The van der Waals surface area contributed by atoms with E-state index in [2.05, 4.69) is 5.10 Å². The van der Waals surface area contributed by atoms with Crippen molar-refractivity contribution < 1.29 is 40.6 Å². The Balaban J connectivity index is 1.84. The minimum atomic E-state index is -5.04. The molecule has 188 valence electrons. The van der Waals surface area contributed by atoms with Gasteiger partial charge in [-0.25, -0.2) is 4.39 Å². The van der Waals surface area contributed by atoms with Crippen LogP contribution in [0.3, 0.4) is 0 Å². The summed E-state index contributed by atoms with van der Waals surface area (Å²) in [5.74, 6) is -2.34. The summed E-state index contributed by atoms with van der Waals surface area (Å²) in [5.41, 5.74) is -3.25. The lowest BCUT2D eigenvalue weighted by atomic mass is 9.96. The summed E-state index contributed by atoms with van der Waals surface area (Å²) >= 11 is 5.85. The lowest BCUT2D eigenvalue weighted by Gasteiger charge is -2.17. The smallest absolute Gasteiger partial charge is 0.432 e. The van der Waals surface area contributed by atoms with Crippen molar-refractivity contribution in [1.82, 2.24) is 10.2 Å². The van der Waals surface area contributed by atoms with E-state index >= 15 is 0 Å². The van der Waals surface area contributed by atoms with Gasteiger partial charge in [0.25, 0.3) is 0 Å². The summed E-state index contributed by atoms with van der Waals surface area (Å²) in [6, 6.07) is 11.6. The van der Waals surface area contributed by atoms with Crippen molar-refractivity contribution in [3.8, 4) is 33.9 Å². The average molecular weight is 531 g/mol. The van der Waals surface area contributed by atoms with Crippen LogP contribution in [0.5, 0.6) is 11.5 Å². The van der Waals surface area contributed by atoms with Crippen molar-refractivity contribution in [1.29, 1.82) is 0 Å². The normalized spacial score (nSPS) is 12.1. The average Bonchev–Trinajstić information content (AvgIpc) is 3.29. The molecule has 1 aromatic heterocycles. The van der Waals surface area contributed by atoms with Gasteiger partial charge in [0.15, 0.2) is 0 Å². The molecular weight excluding hydrogens is 517 g/mol. The number of aromatic nitrogens is 2. The number of aromatic hydroxyl groups is 1. The SMILES string of the molecule is Oc1c(-c2cc(C(F)(F)F)[nH]n2)ccc(OCc2ccc(Cl)cc2)c1-c1ccc(F)c(C(F)(F)F)c1. The highest BCUT2D eigenvalue weighted by atomic mass is 35.5.